The maximum Gasteiger partial charge on any atom is 0.191 e. The highest BCUT2D eigenvalue weighted by atomic mass is 127. The summed E-state index contributed by atoms with van der Waals surface area (Å²) in [5.74, 6) is 0.502. The number of nitrogens with zero attached hydrogens (tertiary/aromatic N) is 2. The van der Waals surface area contributed by atoms with Gasteiger partial charge in [-0.3, -0.25) is 9.98 Å². The number of nitrogens with one attached hydrogen (secondary N) is 3. The minimum Gasteiger partial charge on any atom is -0.361 e. The van der Waals surface area contributed by atoms with Crippen LogP contribution < -0.4 is 10.6 Å². The zero-order valence-electron chi connectivity index (χ0n) is 14.8. The molecule has 0 atom stereocenters. The highest BCUT2D eigenvalue weighted by Gasteiger charge is 2.05. The van der Waals surface area contributed by atoms with Crippen molar-refractivity contribution in [2.24, 2.45) is 4.99 Å². The van der Waals surface area contributed by atoms with Crippen LogP contribution in [-0.2, 0) is 13.0 Å². The van der Waals surface area contributed by atoms with Gasteiger partial charge in [0, 0.05) is 36.4 Å². The molecule has 138 valence electrons. The summed E-state index contributed by atoms with van der Waals surface area (Å²) in [7, 11) is 1.74. The third kappa shape index (κ3) is 5.17. The molecule has 26 heavy (non-hydrogen) atoms. The number of hydrogen-bond donors (Lipinski definition) is 3. The molecule has 3 N–H and O–H groups in total. The molecule has 0 bridgehead atoms. The number of halogens is 2. The Hall–Kier alpha value is -2.16. The molecule has 0 saturated carbocycles. The highest BCUT2D eigenvalue weighted by molar-refractivity contribution is 14.0. The SMILES string of the molecule is CN=C(NCCc1c[nH]c2cc(F)ccc12)NCc1cccc(C)n1.I. The first-order valence-electron chi connectivity index (χ1n) is 8.28. The first kappa shape index (κ1) is 20.2. The molecule has 0 aliphatic carbocycles. The van der Waals surface area contributed by atoms with Gasteiger partial charge in [0.05, 0.1) is 12.2 Å². The summed E-state index contributed by atoms with van der Waals surface area (Å²) in [6.45, 7) is 3.32. The van der Waals surface area contributed by atoms with Gasteiger partial charge < -0.3 is 15.6 Å². The molecule has 3 rings (SSSR count). The van der Waals surface area contributed by atoms with Crippen LogP contribution in [0.25, 0.3) is 10.9 Å². The van der Waals surface area contributed by atoms with Gasteiger partial charge in [-0.2, -0.15) is 0 Å². The van der Waals surface area contributed by atoms with E-state index in [0.29, 0.717) is 6.54 Å². The van der Waals surface area contributed by atoms with E-state index < -0.39 is 0 Å². The number of benzene rings is 1. The van der Waals surface area contributed by atoms with E-state index in [4.69, 9.17) is 0 Å². The zero-order chi connectivity index (χ0) is 17.6. The van der Waals surface area contributed by atoms with Crippen LogP contribution in [0.1, 0.15) is 17.0 Å². The zero-order valence-corrected chi connectivity index (χ0v) is 17.2. The number of aryl methyl sites for hydroxylation is 1. The monoisotopic (exact) mass is 467 g/mol. The van der Waals surface area contributed by atoms with Crippen LogP contribution in [0, 0.1) is 12.7 Å². The summed E-state index contributed by atoms with van der Waals surface area (Å²) in [6.07, 6.45) is 2.74. The van der Waals surface area contributed by atoms with Gasteiger partial charge in [0.2, 0.25) is 0 Å². The number of aliphatic imine (C=N–C) groups is 1. The highest BCUT2D eigenvalue weighted by Crippen LogP contribution is 2.19. The van der Waals surface area contributed by atoms with Gasteiger partial charge in [0.1, 0.15) is 5.82 Å². The molecule has 0 amide bonds. The molecule has 0 radical (unpaired) electrons. The van der Waals surface area contributed by atoms with Crippen LogP contribution >= 0.6 is 24.0 Å². The van der Waals surface area contributed by atoms with Crippen molar-refractivity contribution in [2.75, 3.05) is 13.6 Å². The molecule has 0 spiro atoms. The second-order valence-electron chi connectivity index (χ2n) is 5.88. The van der Waals surface area contributed by atoms with Crippen molar-refractivity contribution < 1.29 is 4.39 Å². The van der Waals surface area contributed by atoms with E-state index in [0.717, 1.165) is 46.8 Å². The molecule has 0 saturated heterocycles. The van der Waals surface area contributed by atoms with Crippen LogP contribution in [0.3, 0.4) is 0 Å². The van der Waals surface area contributed by atoms with Gasteiger partial charge in [-0.05, 0) is 49.2 Å². The first-order valence-corrected chi connectivity index (χ1v) is 8.28. The Labute approximate surface area is 169 Å². The number of pyridine rings is 1. The van der Waals surface area contributed by atoms with Gasteiger partial charge in [-0.25, -0.2) is 4.39 Å². The number of fused-ring (bicyclic) bond motifs is 1. The molecular weight excluding hydrogens is 444 g/mol. The van der Waals surface area contributed by atoms with Crippen molar-refractivity contribution in [3.8, 4) is 0 Å². The van der Waals surface area contributed by atoms with Gasteiger partial charge in [-0.1, -0.05) is 6.07 Å². The lowest BCUT2D eigenvalue weighted by atomic mass is 10.1. The lowest BCUT2D eigenvalue weighted by Gasteiger charge is -2.11. The molecular formula is C19H23FIN5. The van der Waals surface area contributed by atoms with E-state index in [2.05, 4.69) is 25.6 Å². The molecule has 2 heterocycles. The fourth-order valence-electron chi connectivity index (χ4n) is 2.77. The van der Waals surface area contributed by atoms with E-state index in [1.807, 2.05) is 37.4 Å². The second-order valence-corrected chi connectivity index (χ2v) is 5.88. The van der Waals surface area contributed by atoms with E-state index in [1.165, 1.54) is 12.1 Å². The summed E-state index contributed by atoms with van der Waals surface area (Å²) < 4.78 is 13.2. The lowest BCUT2D eigenvalue weighted by molar-refractivity contribution is 0.629. The van der Waals surface area contributed by atoms with Crippen LogP contribution in [0.4, 0.5) is 4.39 Å². The maximum atomic E-state index is 13.2. The standard InChI is InChI=1S/C19H22FN5.HI/c1-13-4-3-5-16(25-13)12-24-19(21-2)22-9-8-14-11-23-18-10-15(20)6-7-17(14)18;/h3-7,10-11,23H,8-9,12H2,1-2H3,(H2,21,22,24);1H. The number of aromatic nitrogens is 2. The van der Waals surface area contributed by atoms with E-state index in [1.54, 1.807) is 7.05 Å². The molecule has 0 unspecified atom stereocenters. The number of rotatable bonds is 5. The number of guanidine groups is 1. The smallest absolute Gasteiger partial charge is 0.191 e. The number of hydrogen-bond acceptors (Lipinski definition) is 2. The molecule has 3 aromatic rings. The van der Waals surface area contributed by atoms with Crippen LogP contribution in [0.15, 0.2) is 47.6 Å². The fourth-order valence-corrected chi connectivity index (χ4v) is 2.77. The largest absolute Gasteiger partial charge is 0.361 e. The summed E-state index contributed by atoms with van der Waals surface area (Å²) in [6, 6.07) is 10.8. The van der Waals surface area contributed by atoms with Crippen LogP contribution in [-0.4, -0.2) is 29.5 Å². The van der Waals surface area contributed by atoms with Crippen molar-refractivity contribution in [2.45, 2.75) is 19.9 Å². The molecule has 5 nitrogen and oxygen atoms in total. The summed E-state index contributed by atoms with van der Waals surface area (Å²) in [5.41, 5.74) is 3.95. The average molecular weight is 467 g/mol. The molecule has 7 heteroatoms. The van der Waals surface area contributed by atoms with Gasteiger partial charge in [-0.15, -0.1) is 24.0 Å². The Morgan fingerprint density at radius 3 is 2.85 bits per heavy atom. The molecule has 0 aliphatic rings. The molecule has 2 aromatic heterocycles. The minimum absolute atomic E-state index is 0. The number of H-pyrrole nitrogens is 1. The van der Waals surface area contributed by atoms with Gasteiger partial charge in [0.15, 0.2) is 5.96 Å². The predicted molar refractivity (Wildman–Crippen MR) is 115 cm³/mol. The maximum absolute atomic E-state index is 13.2. The predicted octanol–water partition coefficient (Wildman–Crippen LogP) is 3.54. The van der Waals surface area contributed by atoms with Crippen molar-refractivity contribution in [1.29, 1.82) is 0 Å². The minimum atomic E-state index is -0.228. The van der Waals surface area contributed by atoms with Crippen molar-refractivity contribution in [1.82, 2.24) is 20.6 Å². The Morgan fingerprint density at radius 2 is 2.08 bits per heavy atom. The van der Waals surface area contributed by atoms with E-state index >= 15 is 0 Å². The van der Waals surface area contributed by atoms with Gasteiger partial charge >= 0.3 is 0 Å². The van der Waals surface area contributed by atoms with E-state index in [-0.39, 0.29) is 29.8 Å². The lowest BCUT2D eigenvalue weighted by Crippen LogP contribution is -2.38. The normalized spacial score (nSPS) is 11.3. The Kier molecular flexibility index (Phi) is 7.38. The van der Waals surface area contributed by atoms with Crippen LogP contribution in [0.5, 0.6) is 0 Å². The van der Waals surface area contributed by atoms with Crippen molar-refractivity contribution >= 4 is 40.8 Å². The Morgan fingerprint density at radius 1 is 1.23 bits per heavy atom. The van der Waals surface area contributed by atoms with Crippen molar-refractivity contribution in [3.05, 3.63) is 65.4 Å². The topological polar surface area (TPSA) is 65.1 Å². The Bertz CT molecular complexity index is 891. The van der Waals surface area contributed by atoms with Crippen molar-refractivity contribution in [3.63, 3.8) is 0 Å². The summed E-state index contributed by atoms with van der Waals surface area (Å²) in [4.78, 5) is 11.8. The fraction of sp³-hybridized carbons (Fsp3) is 0.263. The number of aromatic amines is 1. The third-order valence-electron chi connectivity index (χ3n) is 4.02. The first-order chi connectivity index (χ1) is 12.2. The molecule has 1 aromatic carbocycles. The average Bonchev–Trinajstić information content (AvgIpc) is 3.00. The third-order valence-corrected chi connectivity index (χ3v) is 4.02. The molecule has 0 fully saturated rings. The van der Waals surface area contributed by atoms with E-state index in [9.17, 15) is 4.39 Å². The van der Waals surface area contributed by atoms with Gasteiger partial charge in [0.25, 0.3) is 0 Å². The summed E-state index contributed by atoms with van der Waals surface area (Å²) >= 11 is 0. The van der Waals surface area contributed by atoms with Crippen LogP contribution in [0.2, 0.25) is 0 Å². The Balaban J connectivity index is 0.00000243. The quantitative estimate of drug-likeness (QED) is 0.306. The summed E-state index contributed by atoms with van der Waals surface area (Å²) in [5, 5.41) is 7.60. The molecule has 0 aliphatic heterocycles. The second kappa shape index (κ2) is 9.51.